The maximum absolute atomic E-state index is 8.81. The van der Waals surface area contributed by atoms with Crippen molar-refractivity contribution in [2.45, 2.75) is 26.3 Å². The fourth-order valence-electron chi connectivity index (χ4n) is 2.62. The Morgan fingerprint density at radius 3 is 2.56 bits per heavy atom. The molecule has 0 bridgehead atoms. The minimum Gasteiger partial charge on any atom is -0.370 e. The second kappa shape index (κ2) is 4.99. The fraction of sp³-hybridized carbons (Fsp3) is 0.533. The molecule has 0 spiro atoms. The molecule has 1 N–H and O–H groups in total. The van der Waals surface area contributed by atoms with E-state index in [-0.39, 0.29) is 0 Å². The van der Waals surface area contributed by atoms with Crippen LogP contribution in [0, 0.1) is 16.7 Å². The highest BCUT2D eigenvalue weighted by Gasteiger charge is 2.34. The first kappa shape index (κ1) is 12.9. The van der Waals surface area contributed by atoms with Gasteiger partial charge in [0.15, 0.2) is 0 Å². The zero-order valence-electron chi connectivity index (χ0n) is 11.4. The molecular formula is C15H21N3. The van der Waals surface area contributed by atoms with Gasteiger partial charge in [0.2, 0.25) is 0 Å². The number of anilines is 1. The third-order valence-corrected chi connectivity index (χ3v) is 4.08. The summed E-state index contributed by atoms with van der Waals surface area (Å²) in [6, 6.07) is 10.5. The minimum absolute atomic E-state index is 0.345. The SMILES string of the molecule is CNC1CN(c2ccc(C#N)cc2)CCC1(C)C. The summed E-state index contributed by atoms with van der Waals surface area (Å²) in [5.41, 5.74) is 2.28. The van der Waals surface area contributed by atoms with Crippen LogP contribution in [0.15, 0.2) is 24.3 Å². The maximum Gasteiger partial charge on any atom is 0.0991 e. The van der Waals surface area contributed by atoms with Crippen LogP contribution in [0.5, 0.6) is 0 Å². The summed E-state index contributed by atoms with van der Waals surface area (Å²) in [6.07, 6.45) is 1.18. The monoisotopic (exact) mass is 243 g/mol. The number of piperidine rings is 1. The van der Waals surface area contributed by atoms with E-state index in [0.717, 1.165) is 18.7 Å². The first-order valence-electron chi connectivity index (χ1n) is 6.49. The quantitative estimate of drug-likeness (QED) is 0.867. The molecule has 1 atom stereocenters. The van der Waals surface area contributed by atoms with Crippen LogP contribution in [-0.2, 0) is 0 Å². The Kier molecular flexibility index (Phi) is 3.58. The lowest BCUT2D eigenvalue weighted by Crippen LogP contribution is -2.54. The Morgan fingerprint density at radius 2 is 2.00 bits per heavy atom. The minimum atomic E-state index is 0.345. The molecule has 1 unspecified atom stereocenters. The number of hydrogen-bond donors (Lipinski definition) is 1. The summed E-state index contributed by atoms with van der Waals surface area (Å²) in [5.74, 6) is 0. The van der Waals surface area contributed by atoms with E-state index in [2.05, 4.69) is 30.1 Å². The first-order chi connectivity index (χ1) is 8.56. The van der Waals surface area contributed by atoms with Gasteiger partial charge >= 0.3 is 0 Å². The van der Waals surface area contributed by atoms with E-state index < -0.39 is 0 Å². The van der Waals surface area contributed by atoms with Crippen LogP contribution < -0.4 is 10.2 Å². The highest BCUT2D eigenvalue weighted by molar-refractivity contribution is 5.50. The van der Waals surface area contributed by atoms with Crippen LogP contribution in [0.4, 0.5) is 5.69 Å². The van der Waals surface area contributed by atoms with E-state index in [0.29, 0.717) is 11.5 Å². The molecule has 0 aromatic heterocycles. The fourth-order valence-corrected chi connectivity index (χ4v) is 2.62. The third kappa shape index (κ3) is 2.49. The van der Waals surface area contributed by atoms with Crippen molar-refractivity contribution in [2.75, 3.05) is 25.0 Å². The molecule has 0 saturated carbocycles. The molecule has 18 heavy (non-hydrogen) atoms. The summed E-state index contributed by atoms with van der Waals surface area (Å²) in [5, 5.41) is 12.2. The molecule has 0 aliphatic carbocycles. The molecule has 96 valence electrons. The topological polar surface area (TPSA) is 39.1 Å². The van der Waals surface area contributed by atoms with Crippen molar-refractivity contribution in [2.24, 2.45) is 5.41 Å². The van der Waals surface area contributed by atoms with Crippen molar-refractivity contribution in [3.63, 3.8) is 0 Å². The number of benzene rings is 1. The summed E-state index contributed by atoms with van der Waals surface area (Å²) in [6.45, 7) is 6.75. The normalized spacial score (nSPS) is 22.6. The smallest absolute Gasteiger partial charge is 0.0991 e. The van der Waals surface area contributed by atoms with Gasteiger partial charge in [0.25, 0.3) is 0 Å². The number of nitrogens with one attached hydrogen (secondary N) is 1. The van der Waals surface area contributed by atoms with Gasteiger partial charge in [-0.15, -0.1) is 0 Å². The van der Waals surface area contributed by atoms with Crippen molar-refractivity contribution in [3.8, 4) is 6.07 Å². The third-order valence-electron chi connectivity index (χ3n) is 4.08. The van der Waals surface area contributed by atoms with Gasteiger partial charge in [-0.2, -0.15) is 5.26 Å². The van der Waals surface area contributed by atoms with Gasteiger partial charge in [-0.05, 0) is 43.1 Å². The van der Waals surface area contributed by atoms with Crippen LogP contribution >= 0.6 is 0 Å². The van der Waals surface area contributed by atoms with E-state index >= 15 is 0 Å². The van der Waals surface area contributed by atoms with Gasteiger partial charge < -0.3 is 10.2 Å². The highest BCUT2D eigenvalue weighted by Crippen LogP contribution is 2.32. The number of hydrogen-bond acceptors (Lipinski definition) is 3. The largest absolute Gasteiger partial charge is 0.370 e. The van der Waals surface area contributed by atoms with Gasteiger partial charge in [0, 0.05) is 24.8 Å². The Balaban J connectivity index is 2.13. The molecule has 1 aliphatic rings. The van der Waals surface area contributed by atoms with Gasteiger partial charge in [0.1, 0.15) is 0 Å². The van der Waals surface area contributed by atoms with E-state index in [1.165, 1.54) is 12.1 Å². The molecule has 0 radical (unpaired) electrons. The predicted octanol–water partition coefficient (Wildman–Crippen LogP) is 2.38. The molecule has 3 heteroatoms. The Labute approximate surface area is 109 Å². The number of nitriles is 1. The first-order valence-corrected chi connectivity index (χ1v) is 6.49. The van der Waals surface area contributed by atoms with Gasteiger partial charge in [-0.3, -0.25) is 0 Å². The van der Waals surface area contributed by atoms with Crippen LogP contribution in [-0.4, -0.2) is 26.2 Å². The summed E-state index contributed by atoms with van der Waals surface area (Å²) < 4.78 is 0. The van der Waals surface area contributed by atoms with Gasteiger partial charge in [-0.25, -0.2) is 0 Å². The lowest BCUT2D eigenvalue weighted by Gasteiger charge is -2.44. The van der Waals surface area contributed by atoms with Crippen molar-refractivity contribution < 1.29 is 0 Å². The number of likely N-dealkylation sites (N-methyl/N-ethyl adjacent to an activating group) is 1. The van der Waals surface area contributed by atoms with E-state index in [1.807, 2.05) is 31.3 Å². The highest BCUT2D eigenvalue weighted by atomic mass is 15.2. The van der Waals surface area contributed by atoms with Crippen LogP contribution in [0.3, 0.4) is 0 Å². The molecule has 1 aromatic rings. The van der Waals surface area contributed by atoms with Crippen LogP contribution in [0.25, 0.3) is 0 Å². The average Bonchev–Trinajstić information content (AvgIpc) is 2.39. The molecule has 1 aliphatic heterocycles. The summed E-state index contributed by atoms with van der Waals surface area (Å²) in [7, 11) is 2.04. The zero-order valence-corrected chi connectivity index (χ0v) is 11.4. The molecule has 1 fully saturated rings. The average molecular weight is 243 g/mol. The lowest BCUT2D eigenvalue weighted by atomic mass is 9.78. The van der Waals surface area contributed by atoms with Crippen molar-refractivity contribution in [3.05, 3.63) is 29.8 Å². The summed E-state index contributed by atoms with van der Waals surface area (Å²) in [4.78, 5) is 2.40. The Bertz CT molecular complexity index is 442. The molecule has 2 rings (SSSR count). The molecule has 3 nitrogen and oxygen atoms in total. The van der Waals surface area contributed by atoms with Crippen molar-refractivity contribution >= 4 is 5.69 Å². The summed E-state index contributed by atoms with van der Waals surface area (Å²) >= 11 is 0. The standard InChI is InChI=1S/C15H21N3/c1-15(2)8-9-18(11-14(15)17-3)13-6-4-12(10-16)5-7-13/h4-7,14,17H,8-9,11H2,1-3H3. The molecule has 1 heterocycles. The number of rotatable bonds is 2. The Hall–Kier alpha value is -1.53. The predicted molar refractivity (Wildman–Crippen MR) is 74.6 cm³/mol. The van der Waals surface area contributed by atoms with E-state index in [4.69, 9.17) is 5.26 Å². The zero-order chi connectivity index (χ0) is 13.2. The van der Waals surface area contributed by atoms with Crippen molar-refractivity contribution in [1.29, 1.82) is 5.26 Å². The second-order valence-electron chi connectivity index (χ2n) is 5.68. The van der Waals surface area contributed by atoms with Gasteiger partial charge in [0.05, 0.1) is 11.6 Å². The molecule has 0 amide bonds. The molecule has 1 aromatic carbocycles. The van der Waals surface area contributed by atoms with Crippen molar-refractivity contribution in [1.82, 2.24) is 5.32 Å². The van der Waals surface area contributed by atoms with Gasteiger partial charge in [-0.1, -0.05) is 13.8 Å². The lowest BCUT2D eigenvalue weighted by molar-refractivity contribution is 0.208. The van der Waals surface area contributed by atoms with Crippen LogP contribution in [0.1, 0.15) is 25.8 Å². The maximum atomic E-state index is 8.81. The Morgan fingerprint density at radius 1 is 1.33 bits per heavy atom. The number of nitrogens with zero attached hydrogens (tertiary/aromatic N) is 2. The molecular weight excluding hydrogens is 222 g/mol. The van der Waals surface area contributed by atoms with E-state index in [1.54, 1.807) is 0 Å². The second-order valence-corrected chi connectivity index (χ2v) is 5.68. The van der Waals surface area contributed by atoms with E-state index in [9.17, 15) is 0 Å². The van der Waals surface area contributed by atoms with Crippen LogP contribution in [0.2, 0.25) is 0 Å². The molecule has 1 saturated heterocycles.